The Labute approximate surface area is 126 Å². The first-order chi connectivity index (χ1) is 10.1. The molecule has 0 aliphatic heterocycles. The number of benzene rings is 1. The minimum Gasteiger partial charge on any atom is -0.372 e. The second-order valence-corrected chi connectivity index (χ2v) is 4.66. The van der Waals surface area contributed by atoms with Crippen molar-refractivity contribution >= 4 is 5.91 Å². The highest BCUT2D eigenvalue weighted by molar-refractivity contribution is 5.84. The van der Waals surface area contributed by atoms with E-state index in [1.54, 1.807) is 7.05 Å². The van der Waals surface area contributed by atoms with Crippen LogP contribution >= 0.6 is 0 Å². The molecule has 5 nitrogen and oxygen atoms in total. The lowest BCUT2D eigenvalue weighted by atomic mass is 10.1. The molecule has 1 rings (SSSR count). The normalized spacial score (nSPS) is 13.0. The lowest BCUT2D eigenvalue weighted by molar-refractivity contribution is -0.256. The summed E-state index contributed by atoms with van der Waals surface area (Å²) in [6.45, 7) is 2.43. The Hall–Kier alpha value is -1.43. The van der Waals surface area contributed by atoms with Crippen molar-refractivity contribution in [2.75, 3.05) is 27.9 Å². The van der Waals surface area contributed by atoms with Gasteiger partial charge in [0.25, 0.3) is 11.7 Å². The first-order valence-corrected chi connectivity index (χ1v) is 7.12. The van der Waals surface area contributed by atoms with Gasteiger partial charge in [-0.25, -0.2) is 0 Å². The van der Waals surface area contributed by atoms with Gasteiger partial charge in [-0.05, 0) is 18.4 Å². The van der Waals surface area contributed by atoms with Crippen LogP contribution in [0.3, 0.4) is 0 Å². The molecule has 1 N–H and O–H groups in total. The molecule has 0 aliphatic carbocycles. The van der Waals surface area contributed by atoms with Crippen molar-refractivity contribution in [1.29, 1.82) is 0 Å². The van der Waals surface area contributed by atoms with Crippen molar-refractivity contribution < 1.29 is 19.0 Å². The van der Waals surface area contributed by atoms with E-state index in [-0.39, 0.29) is 5.91 Å². The number of carbonyl (C=O) groups excluding carboxylic acids is 1. The third kappa shape index (κ3) is 4.27. The fourth-order valence-electron chi connectivity index (χ4n) is 2.31. The van der Waals surface area contributed by atoms with E-state index in [0.29, 0.717) is 13.0 Å². The topological polar surface area (TPSA) is 56.8 Å². The van der Waals surface area contributed by atoms with Gasteiger partial charge in [-0.3, -0.25) is 4.79 Å². The van der Waals surface area contributed by atoms with Crippen LogP contribution in [-0.4, -0.2) is 45.7 Å². The second-order valence-electron chi connectivity index (χ2n) is 4.66. The minimum absolute atomic E-state index is 0.348. The summed E-state index contributed by atoms with van der Waals surface area (Å²) >= 11 is 0. The Morgan fingerprint density at radius 3 is 2.33 bits per heavy atom. The van der Waals surface area contributed by atoms with Gasteiger partial charge in [0.1, 0.15) is 6.10 Å². The Morgan fingerprint density at radius 1 is 1.24 bits per heavy atom. The maximum absolute atomic E-state index is 12.1. The molecule has 0 spiro atoms. The van der Waals surface area contributed by atoms with E-state index in [9.17, 15) is 4.79 Å². The number of rotatable bonds is 9. The molecule has 1 aromatic carbocycles. The van der Waals surface area contributed by atoms with Gasteiger partial charge in [0.2, 0.25) is 0 Å². The maximum atomic E-state index is 12.1. The van der Waals surface area contributed by atoms with Crippen molar-refractivity contribution in [3.63, 3.8) is 0 Å². The summed E-state index contributed by atoms with van der Waals surface area (Å²) in [7, 11) is 4.44. The molecule has 0 heterocycles. The van der Waals surface area contributed by atoms with Crippen molar-refractivity contribution in [3.8, 4) is 0 Å². The number of nitrogens with one attached hydrogen (secondary N) is 1. The van der Waals surface area contributed by atoms with Crippen LogP contribution in [-0.2, 0) is 25.4 Å². The van der Waals surface area contributed by atoms with Gasteiger partial charge in [-0.15, -0.1) is 0 Å². The molecule has 0 saturated heterocycles. The van der Waals surface area contributed by atoms with E-state index in [1.807, 2.05) is 37.3 Å². The van der Waals surface area contributed by atoms with Crippen LogP contribution in [0.5, 0.6) is 0 Å². The van der Waals surface area contributed by atoms with E-state index < -0.39 is 11.9 Å². The molecule has 0 fully saturated rings. The van der Waals surface area contributed by atoms with Crippen LogP contribution in [0.15, 0.2) is 30.3 Å². The van der Waals surface area contributed by atoms with E-state index in [0.717, 1.165) is 6.42 Å². The summed E-state index contributed by atoms with van der Waals surface area (Å²) in [6, 6.07) is 10.1. The maximum Gasteiger partial charge on any atom is 0.282 e. The number of hydrogen-bond donors (Lipinski definition) is 1. The first-order valence-electron chi connectivity index (χ1n) is 7.12. The summed E-state index contributed by atoms with van der Waals surface area (Å²) in [5, 5.41) is 2.56. The first kappa shape index (κ1) is 17.6. The van der Waals surface area contributed by atoms with Crippen LogP contribution in [0.2, 0.25) is 0 Å². The fraction of sp³-hybridized carbons (Fsp3) is 0.562. The van der Waals surface area contributed by atoms with E-state index in [1.165, 1.54) is 19.8 Å². The molecule has 1 unspecified atom stereocenters. The van der Waals surface area contributed by atoms with E-state index >= 15 is 0 Å². The molecular formula is C16H25NO4. The quantitative estimate of drug-likeness (QED) is 0.705. The van der Waals surface area contributed by atoms with Gasteiger partial charge >= 0.3 is 0 Å². The molecule has 1 amide bonds. The molecule has 118 valence electrons. The van der Waals surface area contributed by atoms with Crippen LogP contribution < -0.4 is 5.32 Å². The van der Waals surface area contributed by atoms with Crippen molar-refractivity contribution in [3.05, 3.63) is 35.9 Å². The van der Waals surface area contributed by atoms with Crippen molar-refractivity contribution in [1.82, 2.24) is 5.32 Å². The highest BCUT2D eigenvalue weighted by Gasteiger charge is 2.46. The number of methoxy groups -OCH3 is 2. The van der Waals surface area contributed by atoms with Crippen LogP contribution in [0.1, 0.15) is 18.9 Å². The third-order valence-corrected chi connectivity index (χ3v) is 3.50. The molecular weight excluding hydrogens is 270 g/mol. The molecule has 0 saturated carbocycles. The SMILES string of the molecule is CCC(OCCc1ccccc1)C(OC)(OC)C(=O)NC. The molecule has 5 heteroatoms. The van der Waals surface area contributed by atoms with Crippen molar-refractivity contribution in [2.45, 2.75) is 31.7 Å². The highest BCUT2D eigenvalue weighted by atomic mass is 16.7. The predicted molar refractivity (Wildman–Crippen MR) is 81.0 cm³/mol. The summed E-state index contributed by atoms with van der Waals surface area (Å²) in [5.41, 5.74) is 1.19. The summed E-state index contributed by atoms with van der Waals surface area (Å²) in [5.74, 6) is -1.76. The molecule has 1 aromatic rings. The largest absolute Gasteiger partial charge is 0.372 e. The number of carbonyl (C=O) groups is 1. The highest BCUT2D eigenvalue weighted by Crippen LogP contribution is 2.23. The van der Waals surface area contributed by atoms with E-state index in [4.69, 9.17) is 14.2 Å². The number of hydrogen-bond acceptors (Lipinski definition) is 4. The summed E-state index contributed by atoms with van der Waals surface area (Å²) < 4.78 is 16.5. The molecule has 0 bridgehead atoms. The van der Waals surface area contributed by atoms with Crippen LogP contribution in [0.25, 0.3) is 0 Å². The smallest absolute Gasteiger partial charge is 0.282 e. The van der Waals surface area contributed by atoms with Crippen molar-refractivity contribution in [2.24, 2.45) is 0 Å². The number of likely N-dealkylation sites (N-methyl/N-ethyl adjacent to an activating group) is 1. The Kier molecular flexibility index (Phi) is 7.36. The zero-order chi connectivity index (χ0) is 15.7. The summed E-state index contributed by atoms with van der Waals surface area (Å²) in [4.78, 5) is 12.1. The van der Waals surface area contributed by atoms with Crippen LogP contribution in [0, 0.1) is 0 Å². The average molecular weight is 295 g/mol. The molecule has 0 aromatic heterocycles. The van der Waals surface area contributed by atoms with Crippen LogP contribution in [0.4, 0.5) is 0 Å². The fourth-order valence-corrected chi connectivity index (χ4v) is 2.31. The van der Waals surface area contributed by atoms with Gasteiger partial charge in [-0.1, -0.05) is 37.3 Å². The number of amides is 1. The Balaban J connectivity index is 2.69. The average Bonchev–Trinajstić information content (AvgIpc) is 2.55. The van der Waals surface area contributed by atoms with E-state index in [2.05, 4.69) is 5.32 Å². The van der Waals surface area contributed by atoms with Gasteiger partial charge in [0.05, 0.1) is 6.61 Å². The molecule has 0 aliphatic rings. The van der Waals surface area contributed by atoms with Gasteiger partial charge in [0.15, 0.2) is 0 Å². The monoisotopic (exact) mass is 295 g/mol. The Morgan fingerprint density at radius 2 is 1.86 bits per heavy atom. The van der Waals surface area contributed by atoms with Gasteiger partial charge in [0, 0.05) is 21.3 Å². The second kappa shape index (κ2) is 8.77. The zero-order valence-electron chi connectivity index (χ0n) is 13.2. The van der Waals surface area contributed by atoms with Gasteiger partial charge < -0.3 is 19.5 Å². The lowest BCUT2D eigenvalue weighted by Gasteiger charge is -2.35. The molecule has 21 heavy (non-hydrogen) atoms. The summed E-state index contributed by atoms with van der Waals surface area (Å²) in [6.07, 6.45) is 0.898. The zero-order valence-corrected chi connectivity index (χ0v) is 13.2. The predicted octanol–water partition coefficient (Wildman–Crippen LogP) is 1.76. The molecule has 1 atom stereocenters. The molecule has 0 radical (unpaired) electrons. The number of ether oxygens (including phenoxy) is 3. The third-order valence-electron chi connectivity index (χ3n) is 3.50. The Bertz CT molecular complexity index is 418. The van der Waals surface area contributed by atoms with Gasteiger partial charge in [-0.2, -0.15) is 0 Å². The minimum atomic E-state index is -1.42. The lowest BCUT2D eigenvalue weighted by Crippen LogP contribution is -2.57. The standard InChI is InChI=1S/C16H25NO4/c1-5-14(16(19-3,20-4)15(18)17-2)21-12-11-13-9-7-6-8-10-13/h6-10,14H,5,11-12H2,1-4H3,(H,17,18).